The Bertz CT molecular complexity index is 397. The summed E-state index contributed by atoms with van der Waals surface area (Å²) in [6.45, 7) is 8.63. The van der Waals surface area contributed by atoms with E-state index in [9.17, 15) is 4.79 Å². The van der Waals surface area contributed by atoms with E-state index >= 15 is 0 Å². The van der Waals surface area contributed by atoms with Gasteiger partial charge < -0.3 is 10.4 Å². The van der Waals surface area contributed by atoms with E-state index in [0.717, 1.165) is 5.56 Å². The van der Waals surface area contributed by atoms with E-state index in [2.05, 4.69) is 37.4 Å². The Balaban J connectivity index is 2.88. The van der Waals surface area contributed by atoms with Crippen LogP contribution in [-0.4, -0.2) is 17.7 Å². The van der Waals surface area contributed by atoms with Crippen molar-refractivity contribution in [2.24, 2.45) is 0 Å². The second kappa shape index (κ2) is 4.56. The molecule has 1 rings (SSSR count). The van der Waals surface area contributed by atoms with E-state index in [-0.39, 0.29) is 5.41 Å². The first-order chi connectivity index (χ1) is 7.33. The summed E-state index contributed by atoms with van der Waals surface area (Å²) in [5.74, 6) is 0. The van der Waals surface area contributed by atoms with Crippen molar-refractivity contribution in [1.82, 2.24) is 5.32 Å². The van der Waals surface area contributed by atoms with Crippen LogP contribution in [0.1, 0.15) is 30.5 Å². The van der Waals surface area contributed by atoms with Gasteiger partial charge >= 0.3 is 6.09 Å². The first-order valence-electron chi connectivity index (χ1n) is 5.37. The largest absolute Gasteiger partial charge is 0.465 e. The third kappa shape index (κ3) is 2.99. The molecule has 0 radical (unpaired) electrons. The fourth-order valence-electron chi connectivity index (χ4n) is 1.56. The van der Waals surface area contributed by atoms with Crippen molar-refractivity contribution >= 4 is 6.09 Å². The number of aryl methyl sites for hydroxylation is 2. The summed E-state index contributed by atoms with van der Waals surface area (Å²) < 4.78 is 0. The zero-order valence-electron chi connectivity index (χ0n) is 10.3. The Kier molecular flexibility index (Phi) is 3.58. The summed E-state index contributed by atoms with van der Waals surface area (Å²) in [5, 5.41) is 11.0. The molecule has 0 aliphatic heterocycles. The van der Waals surface area contributed by atoms with Crippen molar-refractivity contribution in [3.05, 3.63) is 34.9 Å². The third-order valence-corrected chi connectivity index (χ3v) is 2.97. The standard InChI is InChI=1S/C13H19NO2/c1-9-5-6-11(7-10(9)2)13(3,4)8-14-12(15)16/h5-7,14H,8H2,1-4H3,(H,15,16). The molecule has 0 atom stereocenters. The Morgan fingerprint density at radius 1 is 1.31 bits per heavy atom. The molecule has 1 amide bonds. The van der Waals surface area contributed by atoms with Crippen molar-refractivity contribution in [3.8, 4) is 0 Å². The lowest BCUT2D eigenvalue weighted by molar-refractivity contribution is 0.192. The van der Waals surface area contributed by atoms with Crippen LogP contribution in [0, 0.1) is 13.8 Å². The minimum Gasteiger partial charge on any atom is -0.465 e. The van der Waals surface area contributed by atoms with Crippen LogP contribution < -0.4 is 5.32 Å². The van der Waals surface area contributed by atoms with Crippen LogP contribution in [0.2, 0.25) is 0 Å². The molecule has 16 heavy (non-hydrogen) atoms. The van der Waals surface area contributed by atoms with Gasteiger partial charge in [-0.25, -0.2) is 4.79 Å². The third-order valence-electron chi connectivity index (χ3n) is 2.97. The molecule has 0 fully saturated rings. The molecule has 0 unspecified atom stereocenters. The van der Waals surface area contributed by atoms with Gasteiger partial charge in [-0.15, -0.1) is 0 Å². The first kappa shape index (κ1) is 12.6. The fraction of sp³-hybridized carbons (Fsp3) is 0.462. The summed E-state index contributed by atoms with van der Waals surface area (Å²) in [6.07, 6.45) is -0.975. The monoisotopic (exact) mass is 221 g/mol. The second-order valence-electron chi connectivity index (χ2n) is 4.84. The highest BCUT2D eigenvalue weighted by Crippen LogP contribution is 2.24. The number of amides is 1. The van der Waals surface area contributed by atoms with Crippen molar-refractivity contribution in [3.63, 3.8) is 0 Å². The summed E-state index contributed by atoms with van der Waals surface area (Å²) in [6, 6.07) is 6.26. The van der Waals surface area contributed by atoms with Gasteiger partial charge in [-0.05, 0) is 30.5 Å². The molecule has 0 bridgehead atoms. The highest BCUT2D eigenvalue weighted by molar-refractivity contribution is 5.64. The van der Waals surface area contributed by atoms with Gasteiger partial charge in [0.2, 0.25) is 0 Å². The van der Waals surface area contributed by atoms with E-state index in [1.54, 1.807) is 0 Å². The van der Waals surface area contributed by atoms with Gasteiger partial charge in [-0.1, -0.05) is 32.0 Å². The first-order valence-corrected chi connectivity index (χ1v) is 5.37. The maximum absolute atomic E-state index is 10.5. The second-order valence-corrected chi connectivity index (χ2v) is 4.84. The van der Waals surface area contributed by atoms with Crippen LogP contribution in [0.4, 0.5) is 4.79 Å². The van der Waals surface area contributed by atoms with Crippen LogP contribution in [-0.2, 0) is 5.41 Å². The quantitative estimate of drug-likeness (QED) is 0.824. The number of benzene rings is 1. The Morgan fingerprint density at radius 2 is 1.94 bits per heavy atom. The SMILES string of the molecule is Cc1ccc(C(C)(C)CNC(=O)O)cc1C. The number of hydrogen-bond donors (Lipinski definition) is 2. The van der Waals surface area contributed by atoms with Gasteiger partial charge in [0, 0.05) is 12.0 Å². The summed E-state index contributed by atoms with van der Waals surface area (Å²) in [4.78, 5) is 10.5. The number of hydrogen-bond acceptors (Lipinski definition) is 1. The Labute approximate surface area is 96.5 Å². The van der Waals surface area contributed by atoms with Crippen molar-refractivity contribution in [1.29, 1.82) is 0 Å². The lowest BCUT2D eigenvalue weighted by Crippen LogP contribution is -2.35. The normalized spacial score (nSPS) is 11.2. The van der Waals surface area contributed by atoms with Crippen LogP contribution in [0.25, 0.3) is 0 Å². The van der Waals surface area contributed by atoms with Crippen LogP contribution in [0.15, 0.2) is 18.2 Å². The van der Waals surface area contributed by atoms with Gasteiger partial charge in [0.1, 0.15) is 0 Å². The molecular formula is C13H19NO2. The van der Waals surface area contributed by atoms with Crippen LogP contribution >= 0.6 is 0 Å². The molecule has 0 saturated heterocycles. The molecule has 0 aliphatic carbocycles. The average Bonchev–Trinajstić information content (AvgIpc) is 2.19. The Morgan fingerprint density at radius 3 is 2.44 bits per heavy atom. The van der Waals surface area contributed by atoms with Gasteiger partial charge in [-0.2, -0.15) is 0 Å². The van der Waals surface area contributed by atoms with Gasteiger partial charge in [0.05, 0.1) is 0 Å². The lowest BCUT2D eigenvalue weighted by atomic mass is 9.83. The highest BCUT2D eigenvalue weighted by Gasteiger charge is 2.21. The van der Waals surface area contributed by atoms with E-state index < -0.39 is 6.09 Å². The molecule has 0 heterocycles. The van der Waals surface area contributed by atoms with Crippen LogP contribution in [0.5, 0.6) is 0 Å². The highest BCUT2D eigenvalue weighted by atomic mass is 16.4. The molecule has 1 aromatic carbocycles. The topological polar surface area (TPSA) is 49.3 Å². The molecule has 88 valence electrons. The minimum absolute atomic E-state index is 0.184. The lowest BCUT2D eigenvalue weighted by Gasteiger charge is -2.25. The number of rotatable bonds is 3. The molecule has 0 spiro atoms. The molecule has 3 nitrogen and oxygen atoms in total. The van der Waals surface area contributed by atoms with Crippen LogP contribution in [0.3, 0.4) is 0 Å². The summed E-state index contributed by atoms with van der Waals surface area (Å²) >= 11 is 0. The molecule has 1 aromatic rings. The molecule has 0 aliphatic rings. The maximum atomic E-state index is 10.5. The fourth-order valence-corrected chi connectivity index (χ4v) is 1.56. The number of carbonyl (C=O) groups is 1. The molecule has 2 N–H and O–H groups in total. The summed E-state index contributed by atoms with van der Waals surface area (Å²) in [5.41, 5.74) is 3.47. The van der Waals surface area contributed by atoms with Gasteiger partial charge in [0.15, 0.2) is 0 Å². The minimum atomic E-state index is -0.975. The average molecular weight is 221 g/mol. The van der Waals surface area contributed by atoms with E-state index in [1.807, 2.05) is 13.8 Å². The van der Waals surface area contributed by atoms with Crippen molar-refractivity contribution < 1.29 is 9.90 Å². The summed E-state index contributed by atoms with van der Waals surface area (Å²) in [7, 11) is 0. The smallest absolute Gasteiger partial charge is 0.404 e. The van der Waals surface area contributed by atoms with Gasteiger partial charge in [0.25, 0.3) is 0 Å². The van der Waals surface area contributed by atoms with E-state index in [1.165, 1.54) is 11.1 Å². The molecular weight excluding hydrogens is 202 g/mol. The maximum Gasteiger partial charge on any atom is 0.404 e. The van der Waals surface area contributed by atoms with E-state index in [4.69, 9.17) is 5.11 Å². The van der Waals surface area contributed by atoms with Crippen molar-refractivity contribution in [2.75, 3.05) is 6.54 Å². The zero-order chi connectivity index (χ0) is 12.3. The molecule has 0 saturated carbocycles. The predicted molar refractivity (Wildman–Crippen MR) is 65.0 cm³/mol. The van der Waals surface area contributed by atoms with E-state index in [0.29, 0.717) is 6.54 Å². The van der Waals surface area contributed by atoms with Gasteiger partial charge in [-0.3, -0.25) is 0 Å². The number of nitrogens with one attached hydrogen (secondary N) is 1. The molecule has 3 heteroatoms. The molecule has 0 aromatic heterocycles. The van der Waals surface area contributed by atoms with Crippen molar-refractivity contribution in [2.45, 2.75) is 33.1 Å². The zero-order valence-corrected chi connectivity index (χ0v) is 10.3. The Hall–Kier alpha value is -1.51. The number of carboxylic acid groups (broad SMARTS) is 1. The predicted octanol–water partition coefficient (Wildman–Crippen LogP) is 2.85.